The zero-order valence-electron chi connectivity index (χ0n) is 10.5. The summed E-state index contributed by atoms with van der Waals surface area (Å²) in [7, 11) is 0. The largest absolute Gasteiger partial charge is 0.326 e. The average molecular weight is 332 g/mol. The Labute approximate surface area is 132 Å². The van der Waals surface area contributed by atoms with Gasteiger partial charge in [0.15, 0.2) is 0 Å². The second-order valence-corrected chi connectivity index (χ2v) is 7.21. The van der Waals surface area contributed by atoms with Gasteiger partial charge in [0, 0.05) is 20.8 Å². The monoisotopic (exact) mass is 331 g/mol. The van der Waals surface area contributed by atoms with E-state index in [1.807, 2.05) is 12.1 Å². The van der Waals surface area contributed by atoms with Gasteiger partial charge in [-0.05, 0) is 36.1 Å². The molecule has 0 bridgehead atoms. The molecule has 2 aromatic rings. The molecule has 2 N–H and O–H groups in total. The highest BCUT2D eigenvalue weighted by molar-refractivity contribution is 7.99. The van der Waals surface area contributed by atoms with E-state index in [1.54, 1.807) is 29.2 Å². The molecule has 0 aliphatic rings. The van der Waals surface area contributed by atoms with E-state index < -0.39 is 0 Å². The van der Waals surface area contributed by atoms with Gasteiger partial charge in [-0.15, -0.1) is 23.1 Å². The van der Waals surface area contributed by atoms with E-state index in [0.29, 0.717) is 5.02 Å². The maximum Gasteiger partial charge on any atom is 0.0589 e. The van der Waals surface area contributed by atoms with Crippen molar-refractivity contribution in [2.45, 2.75) is 29.5 Å². The maximum atomic E-state index is 6.25. The van der Waals surface area contributed by atoms with Gasteiger partial charge in [0.05, 0.1) is 10.3 Å². The van der Waals surface area contributed by atoms with E-state index in [9.17, 15) is 0 Å². The van der Waals surface area contributed by atoms with E-state index in [-0.39, 0.29) is 11.3 Å². The standard InChI is InChI=1S/C14H15Cl2NS2/c1-2-11(17)14(12-4-3-7-18-12)19-13-8-9(15)5-6-10(13)16/h3-8,11,14H,2,17H2,1H3. The quantitative estimate of drug-likeness (QED) is 0.719. The summed E-state index contributed by atoms with van der Waals surface area (Å²) < 4.78 is 0. The summed E-state index contributed by atoms with van der Waals surface area (Å²) in [4.78, 5) is 2.26. The Morgan fingerprint density at radius 3 is 2.74 bits per heavy atom. The summed E-state index contributed by atoms with van der Waals surface area (Å²) in [5.41, 5.74) is 6.25. The molecule has 5 heteroatoms. The molecule has 1 heterocycles. The molecule has 102 valence electrons. The molecule has 0 amide bonds. The third-order valence-corrected chi connectivity index (χ3v) is 6.06. The molecular weight excluding hydrogens is 317 g/mol. The number of thiophene rings is 1. The molecule has 1 aromatic carbocycles. The van der Waals surface area contributed by atoms with Crippen molar-refractivity contribution >= 4 is 46.3 Å². The number of nitrogens with two attached hydrogens (primary N) is 1. The summed E-state index contributed by atoms with van der Waals surface area (Å²) in [6.45, 7) is 2.10. The minimum atomic E-state index is 0.0960. The Bertz CT molecular complexity index is 528. The van der Waals surface area contributed by atoms with Crippen LogP contribution >= 0.6 is 46.3 Å². The van der Waals surface area contributed by atoms with Crippen molar-refractivity contribution in [1.29, 1.82) is 0 Å². The van der Waals surface area contributed by atoms with Gasteiger partial charge in [0.25, 0.3) is 0 Å². The Kier molecular flexibility index (Phi) is 5.60. The lowest BCUT2D eigenvalue weighted by Gasteiger charge is -2.22. The van der Waals surface area contributed by atoms with E-state index in [4.69, 9.17) is 28.9 Å². The van der Waals surface area contributed by atoms with Gasteiger partial charge >= 0.3 is 0 Å². The van der Waals surface area contributed by atoms with Crippen LogP contribution in [0.15, 0.2) is 40.6 Å². The minimum absolute atomic E-state index is 0.0960. The molecule has 0 saturated carbocycles. The highest BCUT2D eigenvalue weighted by Crippen LogP contribution is 2.43. The molecule has 0 fully saturated rings. The maximum absolute atomic E-state index is 6.25. The lowest BCUT2D eigenvalue weighted by Crippen LogP contribution is -2.25. The van der Waals surface area contributed by atoms with Gasteiger partial charge < -0.3 is 5.73 Å². The second kappa shape index (κ2) is 7.00. The molecule has 1 aromatic heterocycles. The van der Waals surface area contributed by atoms with Crippen LogP contribution in [-0.2, 0) is 0 Å². The van der Waals surface area contributed by atoms with E-state index in [0.717, 1.165) is 16.3 Å². The lowest BCUT2D eigenvalue weighted by atomic mass is 10.1. The molecule has 19 heavy (non-hydrogen) atoms. The van der Waals surface area contributed by atoms with Gasteiger partial charge in [0.2, 0.25) is 0 Å². The molecular formula is C14H15Cl2NS2. The fourth-order valence-electron chi connectivity index (χ4n) is 1.73. The van der Waals surface area contributed by atoms with Gasteiger partial charge in [-0.3, -0.25) is 0 Å². The molecule has 2 atom stereocenters. The van der Waals surface area contributed by atoms with Crippen LogP contribution in [0, 0.1) is 0 Å². The number of thioether (sulfide) groups is 1. The lowest BCUT2D eigenvalue weighted by molar-refractivity contribution is 0.640. The van der Waals surface area contributed by atoms with Gasteiger partial charge in [-0.1, -0.05) is 36.2 Å². The van der Waals surface area contributed by atoms with Crippen LogP contribution in [-0.4, -0.2) is 6.04 Å². The van der Waals surface area contributed by atoms with Crippen molar-refractivity contribution in [2.75, 3.05) is 0 Å². The average Bonchev–Trinajstić information content (AvgIpc) is 2.92. The van der Waals surface area contributed by atoms with Crippen LogP contribution in [0.3, 0.4) is 0 Å². The number of hydrogen-bond donors (Lipinski definition) is 1. The van der Waals surface area contributed by atoms with Gasteiger partial charge in [-0.2, -0.15) is 0 Å². The topological polar surface area (TPSA) is 26.0 Å². The molecule has 0 aliphatic heterocycles. The molecule has 1 nitrogen and oxygen atoms in total. The Hall–Kier alpha value is -0.190. The highest BCUT2D eigenvalue weighted by atomic mass is 35.5. The second-order valence-electron chi connectivity index (χ2n) is 4.20. The van der Waals surface area contributed by atoms with Crippen molar-refractivity contribution in [3.8, 4) is 0 Å². The third kappa shape index (κ3) is 3.89. The SMILES string of the molecule is CCC(N)C(Sc1cc(Cl)ccc1Cl)c1cccs1. The fourth-order valence-corrected chi connectivity index (χ4v) is 4.52. The first-order valence-electron chi connectivity index (χ1n) is 6.02. The molecule has 0 aliphatic carbocycles. The third-order valence-electron chi connectivity index (χ3n) is 2.83. The summed E-state index contributed by atoms with van der Waals surface area (Å²) in [5.74, 6) is 0. The Morgan fingerprint density at radius 1 is 1.32 bits per heavy atom. The first-order chi connectivity index (χ1) is 9.11. The fraction of sp³-hybridized carbons (Fsp3) is 0.286. The normalized spacial score (nSPS) is 14.3. The smallest absolute Gasteiger partial charge is 0.0589 e. The minimum Gasteiger partial charge on any atom is -0.326 e. The van der Waals surface area contributed by atoms with Crippen LogP contribution in [0.4, 0.5) is 0 Å². The van der Waals surface area contributed by atoms with Crippen LogP contribution in [0.25, 0.3) is 0 Å². The number of benzene rings is 1. The zero-order valence-corrected chi connectivity index (χ0v) is 13.6. The van der Waals surface area contributed by atoms with Crippen LogP contribution < -0.4 is 5.73 Å². The predicted octanol–water partition coefficient (Wildman–Crippen LogP) is 5.63. The molecule has 0 saturated heterocycles. The van der Waals surface area contributed by atoms with Crippen LogP contribution in [0.5, 0.6) is 0 Å². The first kappa shape index (κ1) is 15.2. The van der Waals surface area contributed by atoms with Crippen LogP contribution in [0.1, 0.15) is 23.5 Å². The van der Waals surface area contributed by atoms with Gasteiger partial charge in [0.1, 0.15) is 0 Å². The molecule has 0 radical (unpaired) electrons. The Balaban J connectivity index is 2.28. The van der Waals surface area contributed by atoms with Crippen molar-refractivity contribution in [1.82, 2.24) is 0 Å². The predicted molar refractivity (Wildman–Crippen MR) is 87.6 cm³/mol. The van der Waals surface area contributed by atoms with Crippen molar-refractivity contribution in [2.24, 2.45) is 5.73 Å². The zero-order chi connectivity index (χ0) is 13.8. The highest BCUT2D eigenvalue weighted by Gasteiger charge is 2.22. The molecule has 0 spiro atoms. The number of halogens is 2. The van der Waals surface area contributed by atoms with E-state index in [2.05, 4.69) is 24.4 Å². The van der Waals surface area contributed by atoms with Gasteiger partial charge in [-0.25, -0.2) is 0 Å². The summed E-state index contributed by atoms with van der Waals surface area (Å²) >= 11 is 15.7. The summed E-state index contributed by atoms with van der Waals surface area (Å²) in [6.07, 6.45) is 0.924. The first-order valence-corrected chi connectivity index (χ1v) is 8.54. The van der Waals surface area contributed by atoms with E-state index in [1.165, 1.54) is 4.88 Å². The Morgan fingerprint density at radius 2 is 2.11 bits per heavy atom. The van der Waals surface area contributed by atoms with Crippen LogP contribution in [0.2, 0.25) is 10.0 Å². The van der Waals surface area contributed by atoms with E-state index >= 15 is 0 Å². The summed E-state index contributed by atoms with van der Waals surface area (Å²) in [5, 5.41) is 3.70. The molecule has 2 unspecified atom stereocenters. The molecule has 2 rings (SSSR count). The van der Waals surface area contributed by atoms with Crippen molar-refractivity contribution in [3.63, 3.8) is 0 Å². The van der Waals surface area contributed by atoms with Crippen molar-refractivity contribution < 1.29 is 0 Å². The summed E-state index contributed by atoms with van der Waals surface area (Å²) in [6, 6.07) is 9.80. The van der Waals surface area contributed by atoms with Crippen molar-refractivity contribution in [3.05, 3.63) is 50.6 Å². The number of hydrogen-bond acceptors (Lipinski definition) is 3. The number of rotatable bonds is 5.